The summed E-state index contributed by atoms with van der Waals surface area (Å²) in [4.78, 5) is 129. The van der Waals surface area contributed by atoms with Crippen molar-refractivity contribution in [1.29, 1.82) is 0 Å². The Bertz CT molecular complexity index is 2410. The number of carbonyl (C=O) groups is 10. The van der Waals surface area contributed by atoms with Gasteiger partial charge in [0.15, 0.2) is 5.11 Å². The van der Waals surface area contributed by atoms with E-state index in [-0.39, 0.29) is 107 Å². The van der Waals surface area contributed by atoms with Gasteiger partial charge in [0, 0.05) is 94.7 Å². The van der Waals surface area contributed by atoms with Crippen molar-refractivity contribution >= 4 is 77.0 Å². The third-order valence-corrected chi connectivity index (χ3v) is 12.9. The minimum atomic E-state index is -1.52. The Labute approximate surface area is 485 Å². The van der Waals surface area contributed by atoms with Crippen LogP contribution in [0.1, 0.15) is 114 Å². The van der Waals surface area contributed by atoms with Gasteiger partial charge in [0.1, 0.15) is 23.9 Å². The van der Waals surface area contributed by atoms with E-state index in [1.165, 1.54) is 0 Å². The molecule has 1 radical (unpaired) electrons. The number of hydrogen-bond acceptors (Lipinski definition) is 16. The van der Waals surface area contributed by atoms with Gasteiger partial charge in [-0.2, -0.15) is 0 Å². The number of nitrogens with zero attached hydrogens (tertiary/aromatic N) is 4. The van der Waals surface area contributed by atoms with Crippen molar-refractivity contribution in [2.45, 2.75) is 141 Å². The number of unbranched alkanes of at least 4 members (excludes halogenated alkanes) is 5. The summed E-state index contributed by atoms with van der Waals surface area (Å²) in [6.07, 6.45) is 3.75. The number of carbonyl (C=O) groups excluding carboxylic acids is 4. The molecule has 0 saturated carbocycles. The van der Waals surface area contributed by atoms with Crippen LogP contribution in [0.25, 0.3) is 0 Å². The van der Waals surface area contributed by atoms with Gasteiger partial charge in [0.2, 0.25) is 11.8 Å². The fourth-order valence-corrected chi connectivity index (χ4v) is 8.59. The number of aliphatic carboxylic acids is 6. The normalized spacial score (nSPS) is 15.0. The van der Waals surface area contributed by atoms with Crippen molar-refractivity contribution in [1.82, 2.24) is 51.6 Å². The smallest absolute Gasteiger partial charge is 0.326 e. The SMILES string of the molecule is C[C@H]1CN(CC(=O)O)CCN(CC(=O)O)Cc2cccc(n2)CN1CC(=O)Oc1ccc(CNC(=S)NCCCCC(NC(=O)CCCCCCC(=O)NCCCC[C@H](NC(=O)N[C@H](CCC(=O)O)C(=O)O)C(=O)O)C(=O)O)cc1.[64Cu]. The number of nitrogens with one attached hydrogen (secondary N) is 6. The molecule has 1 aromatic carbocycles. The third kappa shape index (κ3) is 30.9. The summed E-state index contributed by atoms with van der Waals surface area (Å²) >= 11 is 5.41. The Morgan fingerprint density at radius 3 is 1.70 bits per heavy atom. The van der Waals surface area contributed by atoms with E-state index in [0.717, 1.165) is 5.56 Å². The van der Waals surface area contributed by atoms with E-state index < -0.39 is 78.3 Å². The number of urea groups is 1. The molecule has 0 aliphatic carbocycles. The molecule has 4 atom stereocenters. The Balaban J connectivity index is 0.0000224. The zero-order chi connectivity index (χ0) is 59.0. The largest absolute Gasteiger partial charge is 0.481 e. The molecular formula is C52H76CuN10O17S. The number of thiocarbonyl (C=S) groups is 1. The summed E-state index contributed by atoms with van der Waals surface area (Å²) in [6.45, 7) is 3.73. The summed E-state index contributed by atoms with van der Waals surface area (Å²) in [5.41, 5.74) is 2.15. The maximum Gasteiger partial charge on any atom is 0.326 e. The van der Waals surface area contributed by atoms with Crippen molar-refractivity contribution in [3.05, 3.63) is 59.4 Å². The van der Waals surface area contributed by atoms with Crippen LogP contribution in [0.5, 0.6) is 5.75 Å². The molecule has 453 valence electrons. The van der Waals surface area contributed by atoms with E-state index in [2.05, 4.69) is 31.9 Å². The summed E-state index contributed by atoms with van der Waals surface area (Å²) in [7, 11) is 0. The van der Waals surface area contributed by atoms with Crippen LogP contribution in [0.3, 0.4) is 0 Å². The molecule has 1 unspecified atom stereocenters. The molecular weight excluding hydrogens is 1130 g/mol. The zero-order valence-corrected chi connectivity index (χ0v) is 47.0. The molecule has 12 N–H and O–H groups in total. The first kappa shape index (κ1) is 70.1. The standard InChI is InChI=1S/C52H76N10O17S.Cu/c1-34-28-60(31-45(67)68)25-26-61(32-46(69)70)29-36-11-10-12-37(56-36)30-62(34)33-47(71)79-38-19-17-35(18-20-38)27-55-52(80)54-24-9-7-13-39(48(72)73)57-43(64)16-5-3-2-4-15-42(63)53-23-8-6-14-40(49(74)75)58-51(78)59-41(50(76)77)21-22-44(65)66;/h10-12,17-20,34,39-41H,2-9,13-16,21-33H2,1H3,(H,53,63)(H,57,64)(H,65,66)(H,67,68)(H,69,70)(H,72,73)(H,74,75)(H,76,77)(H2,54,55,80)(H2,58,59,78);/t34-,39?,40-,41+;/m0./s1/i;1+0. The molecule has 81 heavy (non-hydrogen) atoms. The van der Waals surface area contributed by atoms with Crippen LogP contribution in [0.15, 0.2) is 42.5 Å². The van der Waals surface area contributed by atoms with Gasteiger partial charge < -0.3 is 67.3 Å². The number of ether oxygens (including phenoxy) is 1. The number of aromatic nitrogens is 1. The van der Waals surface area contributed by atoms with E-state index >= 15 is 0 Å². The Kier molecular flexibility index (Phi) is 33.4. The topological polar surface area (TPSA) is 396 Å². The Hall–Kier alpha value is -7.04. The second kappa shape index (κ2) is 38.6. The van der Waals surface area contributed by atoms with Gasteiger partial charge in [0.25, 0.3) is 0 Å². The van der Waals surface area contributed by atoms with Crippen molar-refractivity contribution in [2.75, 3.05) is 52.4 Å². The average molecular weight is 1210 g/mol. The number of hydrogen-bond donors (Lipinski definition) is 12. The number of fused-ring (bicyclic) bond motifs is 2. The summed E-state index contributed by atoms with van der Waals surface area (Å²) < 4.78 is 5.69. The molecule has 0 saturated heterocycles. The molecule has 4 amide bonds. The molecule has 2 bridgehead atoms. The van der Waals surface area contributed by atoms with Gasteiger partial charge >= 0.3 is 47.8 Å². The third-order valence-electron chi connectivity index (χ3n) is 12.6. The van der Waals surface area contributed by atoms with E-state index in [1.54, 1.807) is 40.1 Å². The predicted octanol–water partition coefficient (Wildman–Crippen LogP) is 1.56. The number of esters is 1. The average Bonchev–Trinajstić information content (AvgIpc) is 3.40. The second-order valence-electron chi connectivity index (χ2n) is 19.4. The van der Waals surface area contributed by atoms with Gasteiger partial charge in [-0.15, -0.1) is 0 Å². The summed E-state index contributed by atoms with van der Waals surface area (Å²) in [5, 5.41) is 72.2. The minimum Gasteiger partial charge on any atom is -0.481 e. The first-order valence-electron chi connectivity index (χ1n) is 26.5. The second-order valence-corrected chi connectivity index (χ2v) is 19.8. The van der Waals surface area contributed by atoms with Crippen LogP contribution in [-0.4, -0.2) is 192 Å². The van der Waals surface area contributed by atoms with Gasteiger partial charge in [-0.25, -0.2) is 19.2 Å². The molecule has 29 heteroatoms. The molecule has 1 aromatic heterocycles. The maximum atomic E-state index is 13.3. The van der Waals surface area contributed by atoms with Gasteiger partial charge in [-0.1, -0.05) is 31.0 Å². The van der Waals surface area contributed by atoms with E-state index in [4.69, 9.17) is 27.0 Å². The van der Waals surface area contributed by atoms with Gasteiger partial charge in [0.05, 0.1) is 31.0 Å². The maximum absolute atomic E-state index is 13.3. The van der Waals surface area contributed by atoms with E-state index in [0.29, 0.717) is 99.8 Å². The monoisotopic (exact) mass is 1210 g/mol. The summed E-state index contributed by atoms with van der Waals surface area (Å²) in [6, 6.07) is 7.00. The first-order valence-corrected chi connectivity index (χ1v) is 26.9. The molecule has 0 spiro atoms. The fraction of sp³-hybridized carbons (Fsp3) is 0.577. The quantitative estimate of drug-likeness (QED) is 0.0153. The number of pyridine rings is 1. The van der Waals surface area contributed by atoms with Crippen LogP contribution in [0.4, 0.5) is 4.79 Å². The van der Waals surface area contributed by atoms with Gasteiger partial charge in [-0.3, -0.25) is 48.5 Å². The minimum absolute atomic E-state index is 0. The number of rotatable bonds is 35. The van der Waals surface area contributed by atoms with Crippen LogP contribution < -0.4 is 36.6 Å². The number of carboxylic acids is 6. The molecule has 3 rings (SSSR count). The Morgan fingerprint density at radius 2 is 1.12 bits per heavy atom. The molecule has 1 aliphatic heterocycles. The number of carboxylic acid groups (broad SMARTS) is 6. The van der Waals surface area contributed by atoms with Crippen LogP contribution in [-0.2, 0) is 79.9 Å². The molecule has 2 aromatic rings. The number of benzene rings is 1. The zero-order valence-electron chi connectivity index (χ0n) is 45.2. The van der Waals surface area contributed by atoms with Crippen LogP contribution in [0.2, 0.25) is 0 Å². The predicted molar refractivity (Wildman–Crippen MR) is 290 cm³/mol. The number of amides is 4. The Morgan fingerprint density at radius 1 is 0.593 bits per heavy atom. The van der Waals surface area contributed by atoms with Crippen molar-refractivity contribution in [3.8, 4) is 5.75 Å². The van der Waals surface area contributed by atoms with Crippen molar-refractivity contribution in [2.24, 2.45) is 0 Å². The molecule has 27 nitrogen and oxygen atoms in total. The van der Waals surface area contributed by atoms with Crippen LogP contribution >= 0.6 is 12.2 Å². The van der Waals surface area contributed by atoms with Crippen molar-refractivity contribution < 1.29 is 100 Å². The summed E-state index contributed by atoms with van der Waals surface area (Å²) in [5.74, 6) is -8.06. The van der Waals surface area contributed by atoms with Crippen molar-refractivity contribution in [3.63, 3.8) is 0 Å². The van der Waals surface area contributed by atoms with E-state index in [1.807, 2.05) is 24.0 Å². The molecule has 0 fully saturated rings. The fourth-order valence-electron chi connectivity index (χ4n) is 8.42. The first-order chi connectivity index (χ1) is 38.1. The van der Waals surface area contributed by atoms with Crippen LogP contribution in [0, 0.1) is 0 Å². The van der Waals surface area contributed by atoms with Gasteiger partial charge in [-0.05, 0) is 107 Å². The molecule has 2 heterocycles. The van der Waals surface area contributed by atoms with E-state index in [9.17, 15) is 73.5 Å². The molecule has 1 aliphatic rings.